The van der Waals surface area contributed by atoms with E-state index in [4.69, 9.17) is 0 Å². The maximum atomic E-state index is 13.0. The minimum absolute atomic E-state index is 0.0553. The monoisotopic (exact) mass is 489 g/mol. The topological polar surface area (TPSA) is 112 Å². The molecular formula is C22H23N3O6S2. The molecular weight excluding hydrogens is 466 g/mol. The zero-order valence-electron chi connectivity index (χ0n) is 17.8. The third kappa shape index (κ3) is 3.54. The van der Waals surface area contributed by atoms with E-state index in [1.165, 1.54) is 33.5 Å². The fourth-order valence-corrected chi connectivity index (χ4v) is 7.73. The first-order valence-electron chi connectivity index (χ1n) is 10.8. The predicted molar refractivity (Wildman–Crippen MR) is 120 cm³/mol. The Morgan fingerprint density at radius 2 is 1.70 bits per heavy atom. The Morgan fingerprint density at radius 1 is 0.970 bits per heavy atom. The summed E-state index contributed by atoms with van der Waals surface area (Å²) >= 11 is 0. The molecule has 3 aliphatic heterocycles. The van der Waals surface area contributed by atoms with Gasteiger partial charge in [-0.2, -0.15) is 4.31 Å². The molecule has 0 bridgehead atoms. The quantitative estimate of drug-likeness (QED) is 0.645. The summed E-state index contributed by atoms with van der Waals surface area (Å²) in [6.45, 7) is 0.690. The van der Waals surface area contributed by atoms with Gasteiger partial charge >= 0.3 is 0 Å². The number of hydrogen-bond acceptors (Lipinski definition) is 6. The molecule has 0 aliphatic carbocycles. The Hall–Kier alpha value is -2.76. The maximum Gasteiger partial charge on any atom is 0.269 e. The summed E-state index contributed by atoms with van der Waals surface area (Å²) in [6, 6.07) is 10.6. The molecule has 1 fully saturated rings. The van der Waals surface area contributed by atoms with E-state index < -0.39 is 38.4 Å². The largest absolute Gasteiger partial charge is 0.310 e. The van der Waals surface area contributed by atoms with Crippen molar-refractivity contribution in [2.75, 3.05) is 31.1 Å². The number of nitrogens with zero attached hydrogens (tertiary/aromatic N) is 3. The molecule has 2 aromatic rings. The summed E-state index contributed by atoms with van der Waals surface area (Å²) < 4.78 is 53.6. The molecule has 2 amide bonds. The molecule has 0 atom stereocenters. The van der Waals surface area contributed by atoms with Crippen LogP contribution < -0.4 is 4.90 Å². The van der Waals surface area contributed by atoms with Gasteiger partial charge in [0, 0.05) is 25.3 Å². The van der Waals surface area contributed by atoms with Gasteiger partial charge in [-0.1, -0.05) is 18.6 Å². The van der Waals surface area contributed by atoms with Gasteiger partial charge in [0.2, 0.25) is 15.9 Å². The molecule has 1 saturated heterocycles. The molecule has 2 aromatic carbocycles. The first kappa shape index (κ1) is 22.1. The van der Waals surface area contributed by atoms with Crippen LogP contribution in [0.3, 0.4) is 0 Å². The van der Waals surface area contributed by atoms with E-state index in [-0.39, 0.29) is 21.9 Å². The van der Waals surface area contributed by atoms with Crippen LogP contribution in [-0.4, -0.2) is 63.4 Å². The molecule has 33 heavy (non-hydrogen) atoms. The second-order valence-electron chi connectivity index (χ2n) is 8.36. The molecule has 5 rings (SSSR count). The molecule has 0 N–H and O–H groups in total. The van der Waals surface area contributed by atoms with Crippen LogP contribution in [0.1, 0.15) is 35.2 Å². The highest BCUT2D eigenvalue weighted by molar-refractivity contribution is 7.90. The van der Waals surface area contributed by atoms with Gasteiger partial charge in [0.1, 0.15) is 11.4 Å². The Labute approximate surface area is 192 Å². The van der Waals surface area contributed by atoms with Crippen LogP contribution >= 0.6 is 0 Å². The molecule has 174 valence electrons. The third-order valence-electron chi connectivity index (χ3n) is 6.39. The van der Waals surface area contributed by atoms with Crippen LogP contribution in [0.4, 0.5) is 5.69 Å². The number of hydrogen-bond donors (Lipinski definition) is 0. The normalized spacial score (nSPS) is 20.1. The molecule has 0 spiro atoms. The van der Waals surface area contributed by atoms with Crippen molar-refractivity contribution in [2.45, 2.75) is 35.5 Å². The fraction of sp³-hybridized carbons (Fsp3) is 0.364. The molecule has 0 aromatic heterocycles. The minimum Gasteiger partial charge on any atom is -0.310 e. The van der Waals surface area contributed by atoms with Crippen LogP contribution in [-0.2, 0) is 31.3 Å². The summed E-state index contributed by atoms with van der Waals surface area (Å²) in [7, 11) is -7.68. The minimum atomic E-state index is -4.08. The van der Waals surface area contributed by atoms with Crippen molar-refractivity contribution >= 4 is 37.5 Å². The third-order valence-corrected chi connectivity index (χ3v) is 10.1. The van der Waals surface area contributed by atoms with Gasteiger partial charge in [0.15, 0.2) is 0 Å². The van der Waals surface area contributed by atoms with Crippen molar-refractivity contribution < 1.29 is 26.4 Å². The Morgan fingerprint density at radius 3 is 2.42 bits per heavy atom. The lowest BCUT2D eigenvalue weighted by Gasteiger charge is -2.26. The molecule has 0 saturated carbocycles. The highest BCUT2D eigenvalue weighted by atomic mass is 32.2. The molecule has 3 aliphatic rings. The van der Waals surface area contributed by atoms with Crippen molar-refractivity contribution in [3.8, 4) is 0 Å². The fourth-order valence-electron chi connectivity index (χ4n) is 4.65. The lowest BCUT2D eigenvalue weighted by Crippen LogP contribution is -2.42. The average Bonchev–Trinajstić information content (AvgIpc) is 3.33. The zero-order chi connectivity index (χ0) is 23.4. The van der Waals surface area contributed by atoms with Crippen LogP contribution in [0, 0.1) is 0 Å². The smallest absolute Gasteiger partial charge is 0.269 e. The first-order valence-corrected chi connectivity index (χ1v) is 13.7. The van der Waals surface area contributed by atoms with Gasteiger partial charge < -0.3 is 4.90 Å². The molecule has 0 radical (unpaired) electrons. The number of amides is 2. The number of piperidine rings is 1. The van der Waals surface area contributed by atoms with Crippen molar-refractivity contribution in [3.63, 3.8) is 0 Å². The van der Waals surface area contributed by atoms with Gasteiger partial charge in [-0.3, -0.25) is 9.59 Å². The molecule has 9 nitrogen and oxygen atoms in total. The van der Waals surface area contributed by atoms with E-state index in [0.717, 1.165) is 19.3 Å². The Kier molecular flexibility index (Phi) is 5.30. The van der Waals surface area contributed by atoms with Crippen LogP contribution in [0.2, 0.25) is 0 Å². The molecule has 0 unspecified atom stereocenters. The van der Waals surface area contributed by atoms with Crippen LogP contribution in [0.15, 0.2) is 52.3 Å². The van der Waals surface area contributed by atoms with Gasteiger partial charge in [-0.05, 0) is 55.2 Å². The highest BCUT2D eigenvalue weighted by Gasteiger charge is 2.43. The standard InChI is InChI=1S/C22H23N3O6S2/c26-21(15-25-22(27)18-6-2-3-7-20(18)33(25,30)31)24-13-10-16-14-17(8-9-19(16)24)32(28,29)23-11-4-1-5-12-23/h2-3,6-9,14H,1,4-5,10-13,15H2. The maximum absolute atomic E-state index is 13.0. The van der Waals surface area contributed by atoms with Crippen molar-refractivity contribution in [1.29, 1.82) is 0 Å². The van der Waals surface area contributed by atoms with E-state index in [2.05, 4.69) is 0 Å². The summed E-state index contributed by atoms with van der Waals surface area (Å²) in [6.07, 6.45) is 3.15. The van der Waals surface area contributed by atoms with Gasteiger partial charge in [0.05, 0.1) is 10.5 Å². The highest BCUT2D eigenvalue weighted by Crippen LogP contribution is 2.34. The number of carbonyl (C=O) groups excluding carboxylic acids is 2. The number of sulfonamides is 2. The second-order valence-corrected chi connectivity index (χ2v) is 12.1. The summed E-state index contributed by atoms with van der Waals surface area (Å²) in [5, 5.41) is 0. The number of benzene rings is 2. The SMILES string of the molecule is O=C(CN1C(=O)c2ccccc2S1(=O)=O)N1CCc2cc(S(=O)(=O)N3CCCCC3)ccc21. The molecule has 3 heterocycles. The molecule has 11 heteroatoms. The van der Waals surface area contributed by atoms with Crippen molar-refractivity contribution in [1.82, 2.24) is 8.61 Å². The zero-order valence-corrected chi connectivity index (χ0v) is 19.4. The number of fused-ring (bicyclic) bond motifs is 2. The Balaban J connectivity index is 1.37. The number of carbonyl (C=O) groups is 2. The van der Waals surface area contributed by atoms with E-state index in [9.17, 15) is 26.4 Å². The average molecular weight is 490 g/mol. The second kappa shape index (κ2) is 7.93. The van der Waals surface area contributed by atoms with E-state index in [0.29, 0.717) is 35.1 Å². The number of rotatable bonds is 4. The van der Waals surface area contributed by atoms with Crippen molar-refractivity contribution in [2.24, 2.45) is 0 Å². The van der Waals surface area contributed by atoms with Crippen molar-refractivity contribution in [3.05, 3.63) is 53.6 Å². The van der Waals surface area contributed by atoms with Gasteiger partial charge in [-0.25, -0.2) is 21.1 Å². The summed E-state index contributed by atoms with van der Waals surface area (Å²) in [5.41, 5.74) is 1.30. The van der Waals surface area contributed by atoms with E-state index >= 15 is 0 Å². The lowest BCUT2D eigenvalue weighted by molar-refractivity contribution is -0.118. The first-order chi connectivity index (χ1) is 15.7. The lowest BCUT2D eigenvalue weighted by atomic mass is 10.2. The Bertz CT molecular complexity index is 1360. The summed E-state index contributed by atoms with van der Waals surface area (Å²) in [4.78, 5) is 27.2. The van der Waals surface area contributed by atoms with Gasteiger partial charge in [-0.15, -0.1) is 0 Å². The van der Waals surface area contributed by atoms with E-state index in [1.54, 1.807) is 18.2 Å². The summed E-state index contributed by atoms with van der Waals surface area (Å²) in [5.74, 6) is -1.26. The predicted octanol–water partition coefficient (Wildman–Crippen LogP) is 1.59. The van der Waals surface area contributed by atoms with E-state index in [1.807, 2.05) is 0 Å². The van der Waals surface area contributed by atoms with Crippen LogP contribution in [0.5, 0.6) is 0 Å². The van der Waals surface area contributed by atoms with Gasteiger partial charge in [0.25, 0.3) is 15.9 Å². The number of anilines is 1. The van der Waals surface area contributed by atoms with Crippen LogP contribution in [0.25, 0.3) is 0 Å².